The van der Waals surface area contributed by atoms with Crippen LogP contribution in [-0.4, -0.2) is 39.9 Å². The van der Waals surface area contributed by atoms with Crippen molar-refractivity contribution in [1.29, 1.82) is 0 Å². The molecule has 7 heteroatoms. The third-order valence-corrected chi connectivity index (χ3v) is 3.32. The van der Waals surface area contributed by atoms with E-state index in [-0.39, 0.29) is 18.4 Å². The first kappa shape index (κ1) is 11.5. The van der Waals surface area contributed by atoms with Gasteiger partial charge in [-0.2, -0.15) is 0 Å². The third-order valence-electron chi connectivity index (χ3n) is 2.41. The Morgan fingerprint density at radius 1 is 1.75 bits per heavy atom. The number of primary amides is 1. The van der Waals surface area contributed by atoms with Gasteiger partial charge in [-0.05, 0) is 0 Å². The number of nitrogens with zero attached hydrogens (tertiary/aromatic N) is 1. The molecule has 1 aromatic heterocycles. The molecule has 4 N–H and O–H groups in total. The summed E-state index contributed by atoms with van der Waals surface area (Å²) in [4.78, 5) is 14.8. The molecule has 0 aliphatic carbocycles. The van der Waals surface area contributed by atoms with Crippen molar-refractivity contribution < 1.29 is 19.7 Å². The van der Waals surface area contributed by atoms with Gasteiger partial charge in [0.15, 0.2) is 0 Å². The molecular formula is C9H12N2O4S. The average Bonchev–Trinajstić information content (AvgIpc) is 2.83. The van der Waals surface area contributed by atoms with E-state index < -0.39 is 18.1 Å². The van der Waals surface area contributed by atoms with E-state index >= 15 is 0 Å². The summed E-state index contributed by atoms with van der Waals surface area (Å²) in [7, 11) is 0. The van der Waals surface area contributed by atoms with E-state index in [2.05, 4.69) is 4.98 Å². The van der Waals surface area contributed by atoms with Gasteiger partial charge in [0.2, 0.25) is 0 Å². The maximum atomic E-state index is 10.9. The van der Waals surface area contributed by atoms with Crippen LogP contribution in [0, 0.1) is 0 Å². The van der Waals surface area contributed by atoms with Gasteiger partial charge >= 0.3 is 0 Å². The minimum Gasteiger partial charge on any atom is -0.394 e. The number of carbonyl (C=O) groups is 1. The number of aliphatic hydroxyl groups excluding tert-OH is 2. The summed E-state index contributed by atoms with van der Waals surface area (Å²) in [6, 6.07) is 0. The van der Waals surface area contributed by atoms with E-state index in [9.17, 15) is 9.90 Å². The summed E-state index contributed by atoms with van der Waals surface area (Å²) in [5.41, 5.74) is 5.25. The predicted molar refractivity (Wildman–Crippen MR) is 56.0 cm³/mol. The van der Waals surface area contributed by atoms with E-state index in [0.717, 1.165) is 0 Å². The lowest BCUT2D eigenvalue weighted by atomic mass is 10.1. The van der Waals surface area contributed by atoms with Gasteiger partial charge in [0.25, 0.3) is 5.91 Å². The predicted octanol–water partition coefficient (Wildman–Crippen LogP) is -0.575. The molecule has 1 amide bonds. The van der Waals surface area contributed by atoms with Crippen LogP contribution in [0.25, 0.3) is 0 Å². The van der Waals surface area contributed by atoms with Gasteiger partial charge in [-0.15, -0.1) is 11.3 Å². The zero-order valence-electron chi connectivity index (χ0n) is 8.37. The highest BCUT2D eigenvalue weighted by molar-refractivity contribution is 7.09. The number of rotatable bonds is 3. The first-order valence-electron chi connectivity index (χ1n) is 4.81. The van der Waals surface area contributed by atoms with Crippen LogP contribution < -0.4 is 5.73 Å². The van der Waals surface area contributed by atoms with Crippen molar-refractivity contribution in [3.8, 4) is 0 Å². The van der Waals surface area contributed by atoms with Gasteiger partial charge in [-0.25, -0.2) is 4.98 Å². The van der Waals surface area contributed by atoms with Crippen molar-refractivity contribution in [2.24, 2.45) is 5.73 Å². The van der Waals surface area contributed by atoms with Crippen LogP contribution in [0.4, 0.5) is 0 Å². The lowest BCUT2D eigenvalue weighted by Crippen LogP contribution is -2.14. The van der Waals surface area contributed by atoms with Crippen molar-refractivity contribution in [3.63, 3.8) is 0 Å². The lowest BCUT2D eigenvalue weighted by Gasteiger charge is -2.10. The molecule has 6 nitrogen and oxygen atoms in total. The van der Waals surface area contributed by atoms with E-state index in [4.69, 9.17) is 15.6 Å². The maximum absolute atomic E-state index is 10.9. The van der Waals surface area contributed by atoms with Crippen LogP contribution in [-0.2, 0) is 4.74 Å². The highest BCUT2D eigenvalue weighted by atomic mass is 32.1. The van der Waals surface area contributed by atoms with Crippen LogP contribution in [0.1, 0.15) is 28.0 Å². The van der Waals surface area contributed by atoms with Gasteiger partial charge in [0.1, 0.15) is 16.8 Å². The Bertz CT molecular complexity index is 395. The largest absolute Gasteiger partial charge is 0.394 e. The number of carbonyl (C=O) groups excluding carboxylic acids is 1. The Labute approximate surface area is 95.7 Å². The molecule has 1 aliphatic rings. The highest BCUT2D eigenvalue weighted by Crippen LogP contribution is 2.34. The van der Waals surface area contributed by atoms with Crippen LogP contribution in [0.2, 0.25) is 0 Å². The van der Waals surface area contributed by atoms with Gasteiger partial charge in [0, 0.05) is 11.8 Å². The number of thiazole rings is 1. The molecule has 16 heavy (non-hydrogen) atoms. The lowest BCUT2D eigenvalue weighted by molar-refractivity contribution is -0.0109. The number of ether oxygens (including phenoxy) is 1. The topological polar surface area (TPSA) is 106 Å². The Kier molecular flexibility index (Phi) is 3.20. The summed E-state index contributed by atoms with van der Waals surface area (Å²) in [6.45, 7) is -0.137. The highest BCUT2D eigenvalue weighted by Gasteiger charge is 2.36. The molecule has 0 aromatic carbocycles. The molecule has 88 valence electrons. The van der Waals surface area contributed by atoms with Gasteiger partial charge < -0.3 is 20.7 Å². The molecule has 1 aliphatic heterocycles. The zero-order valence-corrected chi connectivity index (χ0v) is 9.18. The van der Waals surface area contributed by atoms with Crippen molar-refractivity contribution in [1.82, 2.24) is 4.98 Å². The summed E-state index contributed by atoms with van der Waals surface area (Å²) < 4.78 is 5.40. The summed E-state index contributed by atoms with van der Waals surface area (Å²) >= 11 is 1.21. The molecule has 0 saturated carbocycles. The smallest absolute Gasteiger partial charge is 0.268 e. The fraction of sp³-hybridized carbons (Fsp3) is 0.556. The van der Waals surface area contributed by atoms with Crippen LogP contribution >= 0.6 is 11.3 Å². The molecular weight excluding hydrogens is 232 g/mol. The first-order chi connectivity index (χ1) is 7.61. The number of nitrogens with two attached hydrogens (primary N) is 1. The van der Waals surface area contributed by atoms with Crippen molar-refractivity contribution >= 4 is 17.2 Å². The molecule has 0 spiro atoms. The number of amides is 1. The van der Waals surface area contributed by atoms with Crippen LogP contribution in [0.3, 0.4) is 0 Å². The molecule has 0 bridgehead atoms. The van der Waals surface area contributed by atoms with E-state index in [0.29, 0.717) is 11.4 Å². The van der Waals surface area contributed by atoms with Crippen molar-refractivity contribution in [2.45, 2.75) is 24.7 Å². The fourth-order valence-corrected chi connectivity index (χ4v) is 2.52. The number of aromatic nitrogens is 1. The molecule has 0 radical (unpaired) electrons. The normalized spacial score (nSPS) is 29.5. The molecule has 2 heterocycles. The van der Waals surface area contributed by atoms with Crippen LogP contribution in [0.5, 0.6) is 0 Å². The second-order valence-electron chi connectivity index (χ2n) is 3.60. The molecule has 3 atom stereocenters. The van der Waals surface area contributed by atoms with E-state index in [1.54, 1.807) is 0 Å². The second kappa shape index (κ2) is 4.46. The molecule has 1 fully saturated rings. The van der Waals surface area contributed by atoms with Crippen molar-refractivity contribution in [3.05, 3.63) is 16.1 Å². The fourth-order valence-electron chi connectivity index (χ4n) is 1.62. The zero-order chi connectivity index (χ0) is 11.7. The monoisotopic (exact) mass is 244 g/mol. The van der Waals surface area contributed by atoms with Gasteiger partial charge in [-0.3, -0.25) is 4.79 Å². The number of hydrogen-bond donors (Lipinski definition) is 3. The summed E-state index contributed by atoms with van der Waals surface area (Å²) in [6.07, 6.45) is -1.28. The van der Waals surface area contributed by atoms with Crippen LogP contribution in [0.15, 0.2) is 5.38 Å². The summed E-state index contributed by atoms with van der Waals surface area (Å²) in [5, 5.41) is 20.7. The Morgan fingerprint density at radius 2 is 2.50 bits per heavy atom. The second-order valence-corrected chi connectivity index (χ2v) is 4.49. The van der Waals surface area contributed by atoms with Crippen molar-refractivity contribution in [2.75, 3.05) is 6.61 Å². The minimum atomic E-state index is -0.705. The molecule has 0 unspecified atom stereocenters. The third kappa shape index (κ3) is 2.07. The Balaban J connectivity index is 2.15. The first-order valence-corrected chi connectivity index (χ1v) is 5.69. The van der Waals surface area contributed by atoms with Gasteiger partial charge in [-0.1, -0.05) is 0 Å². The Morgan fingerprint density at radius 3 is 3.00 bits per heavy atom. The molecule has 1 aromatic rings. The average molecular weight is 244 g/mol. The quantitative estimate of drug-likeness (QED) is 0.660. The SMILES string of the molecule is NC(=O)c1csc([C@H]2O[C@@H](CO)C[C@H]2O)n1. The van der Waals surface area contributed by atoms with E-state index in [1.165, 1.54) is 16.7 Å². The minimum absolute atomic E-state index is 0.137. The Hall–Kier alpha value is -1.02. The number of hydrogen-bond acceptors (Lipinski definition) is 6. The maximum Gasteiger partial charge on any atom is 0.268 e. The summed E-state index contributed by atoms with van der Waals surface area (Å²) in [5.74, 6) is -0.603. The van der Waals surface area contributed by atoms with Gasteiger partial charge in [0.05, 0.1) is 18.8 Å². The molecule has 1 saturated heterocycles. The standard InChI is InChI=1S/C9H12N2O4S/c10-8(14)5-3-16-9(11-5)7-6(13)1-4(2-12)15-7/h3-4,6-7,12-13H,1-2H2,(H2,10,14)/t4-,6-,7+/m1/s1. The van der Waals surface area contributed by atoms with E-state index in [1.807, 2.05) is 0 Å². The number of aliphatic hydroxyl groups is 2. The molecule has 2 rings (SSSR count).